The first-order valence-electron chi connectivity index (χ1n) is 12.7. The molecule has 0 N–H and O–H groups in total. The number of carbonyl (C=O) groups excluding carboxylic acids is 1. The Labute approximate surface area is 236 Å². The third kappa shape index (κ3) is 5.48. The fraction of sp³-hybridized carbons (Fsp3) is 0.241. The zero-order valence-corrected chi connectivity index (χ0v) is 22.6. The van der Waals surface area contributed by atoms with Gasteiger partial charge in [-0.2, -0.15) is 14.8 Å². The number of benzene rings is 2. The number of alkyl halides is 1. The van der Waals surface area contributed by atoms with E-state index in [0.717, 1.165) is 0 Å². The van der Waals surface area contributed by atoms with Gasteiger partial charge in [0.1, 0.15) is 49.1 Å². The van der Waals surface area contributed by atoms with Crippen LogP contribution in [0.3, 0.4) is 0 Å². The molecular weight excluding hydrogens is 549 g/mol. The van der Waals surface area contributed by atoms with Crippen molar-refractivity contribution in [1.29, 1.82) is 10.5 Å². The average molecular weight is 574 g/mol. The molecule has 208 valence electrons. The van der Waals surface area contributed by atoms with Crippen molar-refractivity contribution < 1.29 is 27.1 Å². The molecule has 0 spiro atoms. The highest BCUT2D eigenvalue weighted by Gasteiger charge is 2.41. The van der Waals surface area contributed by atoms with Crippen molar-refractivity contribution in [3.8, 4) is 23.6 Å². The summed E-state index contributed by atoms with van der Waals surface area (Å²) < 4.78 is 51.9. The molecule has 5 rings (SSSR count). The zero-order chi connectivity index (χ0) is 29.0. The number of halogens is 1. The summed E-state index contributed by atoms with van der Waals surface area (Å²) in [6.07, 6.45) is 3.78. The van der Waals surface area contributed by atoms with Crippen molar-refractivity contribution in [2.24, 2.45) is 0 Å². The lowest BCUT2D eigenvalue weighted by Gasteiger charge is -2.39. The predicted octanol–water partition coefficient (Wildman–Crippen LogP) is 3.62. The highest BCUT2D eigenvalue weighted by atomic mass is 32.2. The molecule has 0 bridgehead atoms. The molecule has 1 saturated heterocycles. The van der Waals surface area contributed by atoms with Gasteiger partial charge in [-0.1, -0.05) is 12.1 Å². The van der Waals surface area contributed by atoms with Crippen LogP contribution < -0.4 is 14.4 Å². The smallest absolute Gasteiger partial charge is 0.261 e. The van der Waals surface area contributed by atoms with Crippen molar-refractivity contribution in [1.82, 2.24) is 9.29 Å². The largest absolute Gasteiger partial charge is 0.491 e. The predicted molar refractivity (Wildman–Crippen MR) is 146 cm³/mol. The van der Waals surface area contributed by atoms with Crippen LogP contribution in [0.4, 0.5) is 10.1 Å². The second-order valence-corrected chi connectivity index (χ2v) is 11.2. The molecule has 2 aromatic carbocycles. The van der Waals surface area contributed by atoms with E-state index in [0.29, 0.717) is 35.7 Å². The van der Waals surface area contributed by atoms with E-state index in [1.807, 2.05) is 0 Å². The molecule has 41 heavy (non-hydrogen) atoms. The summed E-state index contributed by atoms with van der Waals surface area (Å²) in [7, 11) is -3.97. The van der Waals surface area contributed by atoms with Gasteiger partial charge in [-0.25, -0.2) is 12.8 Å². The molecule has 1 atom stereocenters. The molecule has 10 nitrogen and oxygen atoms in total. The van der Waals surface area contributed by atoms with Crippen molar-refractivity contribution in [3.05, 3.63) is 83.7 Å². The number of anilines is 1. The fourth-order valence-electron chi connectivity index (χ4n) is 4.70. The summed E-state index contributed by atoms with van der Waals surface area (Å²) in [5, 5.41) is 19.1. The van der Waals surface area contributed by atoms with Crippen molar-refractivity contribution in [2.75, 3.05) is 31.3 Å². The first-order chi connectivity index (χ1) is 19.9. The van der Waals surface area contributed by atoms with E-state index in [1.54, 1.807) is 60.9 Å². The number of sulfonamides is 1. The lowest BCUT2D eigenvalue weighted by molar-refractivity contribution is -0.113. The van der Waals surface area contributed by atoms with Crippen LogP contribution in [0.25, 0.3) is 5.57 Å². The molecule has 12 heteroatoms. The molecule has 1 fully saturated rings. The van der Waals surface area contributed by atoms with Crippen LogP contribution in [0.5, 0.6) is 11.5 Å². The van der Waals surface area contributed by atoms with Gasteiger partial charge in [0.25, 0.3) is 5.91 Å². The summed E-state index contributed by atoms with van der Waals surface area (Å²) in [6.45, 7) is -0.142. The van der Waals surface area contributed by atoms with Gasteiger partial charge in [0.05, 0.1) is 34.9 Å². The van der Waals surface area contributed by atoms with Gasteiger partial charge >= 0.3 is 0 Å². The topological polar surface area (TPSA) is 137 Å². The third-order valence-electron chi connectivity index (χ3n) is 6.84. The van der Waals surface area contributed by atoms with Crippen LogP contribution in [0.1, 0.15) is 17.5 Å². The Morgan fingerprint density at radius 3 is 2.49 bits per heavy atom. The molecule has 0 unspecified atom stereocenters. The maximum absolute atomic E-state index is 13.6. The number of hydrogen-bond donors (Lipinski definition) is 0. The van der Waals surface area contributed by atoms with E-state index >= 15 is 0 Å². The Balaban J connectivity index is 1.43. The summed E-state index contributed by atoms with van der Waals surface area (Å²) in [5.41, 5.74) is 0.730. The lowest BCUT2D eigenvalue weighted by atomic mass is 10.0. The second-order valence-electron chi connectivity index (χ2n) is 9.28. The SMILES string of the molecule is N#CC(C#N)=C1C(=O)N(Cc2ccc(OCCF)cc2)c2ccc(S(=O)(=O)N3CC[C@H]3COc3cccnc3)cc21. The zero-order valence-electron chi connectivity index (χ0n) is 21.7. The molecule has 1 amide bonds. The Morgan fingerprint density at radius 2 is 1.85 bits per heavy atom. The van der Waals surface area contributed by atoms with E-state index in [1.165, 1.54) is 27.4 Å². The van der Waals surface area contributed by atoms with Crippen LogP contribution in [-0.4, -0.2) is 56.1 Å². The number of carbonyl (C=O) groups is 1. The van der Waals surface area contributed by atoms with Crippen LogP contribution in [0, 0.1) is 22.7 Å². The van der Waals surface area contributed by atoms with Gasteiger partial charge in [0.2, 0.25) is 10.0 Å². The highest BCUT2D eigenvalue weighted by molar-refractivity contribution is 7.89. The van der Waals surface area contributed by atoms with Crippen LogP contribution in [0.15, 0.2) is 77.5 Å². The van der Waals surface area contributed by atoms with Gasteiger partial charge in [-0.3, -0.25) is 9.78 Å². The number of nitrogens with zero attached hydrogens (tertiary/aromatic N) is 5. The third-order valence-corrected chi connectivity index (χ3v) is 8.79. The van der Waals surface area contributed by atoms with E-state index in [9.17, 15) is 28.1 Å². The molecule has 2 aliphatic rings. The standard InChI is InChI=1S/C29H24FN5O5S/c30-10-13-39-23-5-3-20(4-6-23)18-34-27-8-7-25(14-26(27)28(29(34)36)21(15-31)16-32)41(37,38)35-12-9-22(35)19-40-24-2-1-11-33-17-24/h1-8,11,14,17,22H,9-10,12-13,18-19H2/t22-/m0/s1. The Bertz CT molecular complexity index is 1670. The van der Waals surface area contributed by atoms with E-state index in [-0.39, 0.29) is 41.8 Å². The second kappa shape index (κ2) is 11.8. The molecule has 0 radical (unpaired) electrons. The number of hydrogen-bond acceptors (Lipinski definition) is 8. The minimum Gasteiger partial charge on any atom is -0.491 e. The van der Waals surface area contributed by atoms with E-state index < -0.39 is 28.2 Å². The number of aromatic nitrogens is 1. The summed E-state index contributed by atoms with van der Waals surface area (Å²) >= 11 is 0. The minimum absolute atomic E-state index is 0.0564. The molecule has 1 aromatic heterocycles. The summed E-state index contributed by atoms with van der Waals surface area (Å²) in [6, 6.07) is 17.6. The van der Waals surface area contributed by atoms with Gasteiger partial charge in [-0.05, 0) is 54.4 Å². The number of ether oxygens (including phenoxy) is 2. The van der Waals surface area contributed by atoms with Gasteiger partial charge in [0.15, 0.2) is 0 Å². The van der Waals surface area contributed by atoms with Gasteiger partial charge in [0, 0.05) is 18.3 Å². The Hall–Kier alpha value is -4.78. The normalized spacial score (nSPS) is 16.4. The minimum atomic E-state index is -3.97. The van der Waals surface area contributed by atoms with Gasteiger partial charge < -0.3 is 14.4 Å². The number of amides is 1. The Kier molecular flexibility index (Phi) is 7.97. The monoisotopic (exact) mass is 573 g/mol. The maximum Gasteiger partial charge on any atom is 0.261 e. The van der Waals surface area contributed by atoms with Gasteiger partial charge in [-0.15, -0.1) is 0 Å². The van der Waals surface area contributed by atoms with Crippen LogP contribution in [0.2, 0.25) is 0 Å². The number of pyridine rings is 1. The van der Waals surface area contributed by atoms with Crippen LogP contribution in [-0.2, 0) is 21.4 Å². The van der Waals surface area contributed by atoms with Crippen molar-refractivity contribution in [2.45, 2.75) is 23.9 Å². The Morgan fingerprint density at radius 1 is 1.07 bits per heavy atom. The molecule has 2 aliphatic heterocycles. The summed E-state index contributed by atoms with van der Waals surface area (Å²) in [4.78, 5) is 18.8. The van der Waals surface area contributed by atoms with Crippen molar-refractivity contribution in [3.63, 3.8) is 0 Å². The number of nitriles is 2. The molecule has 0 saturated carbocycles. The number of rotatable bonds is 10. The lowest BCUT2D eigenvalue weighted by Crippen LogP contribution is -2.53. The first-order valence-corrected chi connectivity index (χ1v) is 14.1. The maximum atomic E-state index is 13.6. The highest BCUT2D eigenvalue weighted by Crippen LogP contribution is 2.41. The molecule has 0 aliphatic carbocycles. The van der Waals surface area contributed by atoms with E-state index in [4.69, 9.17) is 9.47 Å². The number of fused-ring (bicyclic) bond motifs is 1. The first kappa shape index (κ1) is 27.8. The van der Waals surface area contributed by atoms with Crippen LogP contribution >= 0.6 is 0 Å². The van der Waals surface area contributed by atoms with E-state index in [2.05, 4.69) is 4.98 Å². The number of allylic oxidation sites excluding steroid dienone is 1. The van der Waals surface area contributed by atoms with Crippen molar-refractivity contribution >= 4 is 27.2 Å². The average Bonchev–Trinajstić information content (AvgIpc) is 3.23. The summed E-state index contributed by atoms with van der Waals surface area (Å²) in [5.74, 6) is 0.420. The molecular formula is C29H24FN5O5S. The fourth-order valence-corrected chi connectivity index (χ4v) is 6.38. The molecule has 3 aromatic rings. The molecule has 3 heterocycles. The quantitative estimate of drug-likeness (QED) is 0.265.